The van der Waals surface area contributed by atoms with Crippen molar-refractivity contribution in [1.29, 1.82) is 0 Å². The average Bonchev–Trinajstić information content (AvgIpc) is 3.06. The van der Waals surface area contributed by atoms with Gasteiger partial charge in [0.1, 0.15) is 0 Å². The van der Waals surface area contributed by atoms with Gasteiger partial charge in [-0.25, -0.2) is 4.79 Å². The molecule has 1 atom stereocenters. The largest absolute Gasteiger partial charge is 0.464 e. The molecule has 1 heterocycles. The summed E-state index contributed by atoms with van der Waals surface area (Å²) in [6.45, 7) is 2.05. The van der Waals surface area contributed by atoms with Crippen molar-refractivity contribution in [2.45, 2.75) is 13.0 Å². The van der Waals surface area contributed by atoms with Crippen molar-refractivity contribution in [2.24, 2.45) is 0 Å². The van der Waals surface area contributed by atoms with E-state index >= 15 is 0 Å². The van der Waals surface area contributed by atoms with Crippen LogP contribution < -0.4 is 0 Å². The fraction of sp³-hybridized carbons (Fsp3) is 0.176. The lowest BCUT2D eigenvalue weighted by molar-refractivity contribution is -0.146. The van der Waals surface area contributed by atoms with E-state index in [1.165, 1.54) is 4.80 Å². The fourth-order valence-corrected chi connectivity index (χ4v) is 2.53. The van der Waals surface area contributed by atoms with Crippen molar-refractivity contribution in [1.82, 2.24) is 20.2 Å². The van der Waals surface area contributed by atoms with Crippen LogP contribution in [0.25, 0.3) is 11.4 Å². The first-order chi connectivity index (χ1) is 11.7. The minimum absolute atomic E-state index is 0.288. The van der Waals surface area contributed by atoms with Crippen molar-refractivity contribution >= 4 is 21.9 Å². The number of rotatable bonds is 5. The van der Waals surface area contributed by atoms with Gasteiger partial charge >= 0.3 is 5.97 Å². The van der Waals surface area contributed by atoms with Crippen LogP contribution in [0.2, 0.25) is 0 Å². The first-order valence-electron chi connectivity index (χ1n) is 7.46. The van der Waals surface area contributed by atoms with Gasteiger partial charge in [0.15, 0.2) is 6.04 Å². The summed E-state index contributed by atoms with van der Waals surface area (Å²) in [4.78, 5) is 13.7. The molecule has 0 radical (unpaired) electrons. The highest BCUT2D eigenvalue weighted by Crippen LogP contribution is 2.21. The van der Waals surface area contributed by atoms with E-state index in [4.69, 9.17) is 4.74 Å². The predicted octanol–water partition coefficient (Wildman–Crippen LogP) is 3.26. The van der Waals surface area contributed by atoms with Crippen LogP contribution in [0.1, 0.15) is 18.5 Å². The molecule has 6 nitrogen and oxygen atoms in total. The van der Waals surface area contributed by atoms with Crippen LogP contribution in [0.4, 0.5) is 0 Å². The Kier molecular flexibility index (Phi) is 5.00. The molecule has 0 N–H and O–H groups in total. The lowest BCUT2D eigenvalue weighted by atomic mass is 10.1. The van der Waals surface area contributed by atoms with Crippen LogP contribution in [0, 0.1) is 0 Å². The van der Waals surface area contributed by atoms with Gasteiger partial charge in [-0.2, -0.15) is 0 Å². The monoisotopic (exact) mass is 386 g/mol. The second kappa shape index (κ2) is 7.35. The van der Waals surface area contributed by atoms with Gasteiger partial charge in [0.2, 0.25) is 5.82 Å². The number of hydrogen-bond donors (Lipinski definition) is 0. The number of benzene rings is 2. The lowest BCUT2D eigenvalue weighted by Crippen LogP contribution is -2.25. The Morgan fingerprint density at radius 1 is 1.17 bits per heavy atom. The molecule has 0 fully saturated rings. The van der Waals surface area contributed by atoms with Crippen LogP contribution in [0.15, 0.2) is 59.1 Å². The molecule has 0 aliphatic rings. The van der Waals surface area contributed by atoms with Crippen LogP contribution >= 0.6 is 15.9 Å². The van der Waals surface area contributed by atoms with E-state index in [-0.39, 0.29) is 6.61 Å². The fourth-order valence-electron chi connectivity index (χ4n) is 2.27. The Bertz CT molecular complexity index is 818. The van der Waals surface area contributed by atoms with E-state index in [2.05, 4.69) is 31.3 Å². The SMILES string of the molecule is CCOC(=O)C(c1ccccc1)n1nnc(-c2ccc(Br)cc2)n1. The molecule has 0 spiro atoms. The van der Waals surface area contributed by atoms with Gasteiger partial charge in [-0.1, -0.05) is 46.3 Å². The zero-order chi connectivity index (χ0) is 16.9. The topological polar surface area (TPSA) is 69.9 Å². The minimum atomic E-state index is -0.761. The van der Waals surface area contributed by atoms with Gasteiger partial charge in [-0.05, 0) is 42.0 Å². The number of hydrogen-bond acceptors (Lipinski definition) is 5. The second-order valence-electron chi connectivity index (χ2n) is 5.01. The second-order valence-corrected chi connectivity index (χ2v) is 5.92. The number of tetrazole rings is 1. The predicted molar refractivity (Wildman–Crippen MR) is 92.2 cm³/mol. The van der Waals surface area contributed by atoms with Crippen molar-refractivity contribution in [3.63, 3.8) is 0 Å². The molecule has 3 aromatic rings. The Labute approximate surface area is 147 Å². The first kappa shape index (κ1) is 16.3. The van der Waals surface area contributed by atoms with Gasteiger partial charge in [-0.3, -0.25) is 0 Å². The van der Waals surface area contributed by atoms with E-state index in [1.54, 1.807) is 6.92 Å². The van der Waals surface area contributed by atoms with E-state index in [0.29, 0.717) is 5.82 Å². The molecular formula is C17H15BrN4O2. The smallest absolute Gasteiger partial charge is 0.337 e. The van der Waals surface area contributed by atoms with Crippen molar-refractivity contribution in [2.75, 3.05) is 6.61 Å². The highest BCUT2D eigenvalue weighted by molar-refractivity contribution is 9.10. The van der Waals surface area contributed by atoms with E-state index < -0.39 is 12.0 Å². The average molecular weight is 387 g/mol. The molecule has 0 bridgehead atoms. The molecule has 0 amide bonds. The maximum absolute atomic E-state index is 12.4. The summed E-state index contributed by atoms with van der Waals surface area (Å²) >= 11 is 3.39. The lowest BCUT2D eigenvalue weighted by Gasteiger charge is -2.14. The highest BCUT2D eigenvalue weighted by atomic mass is 79.9. The zero-order valence-electron chi connectivity index (χ0n) is 13.0. The maximum atomic E-state index is 12.4. The Morgan fingerprint density at radius 3 is 2.54 bits per heavy atom. The molecule has 1 aromatic heterocycles. The summed E-state index contributed by atoms with van der Waals surface area (Å²) in [5.74, 6) is 0.0381. The number of esters is 1. The molecule has 2 aromatic carbocycles. The van der Waals surface area contributed by atoms with Crippen molar-refractivity contribution < 1.29 is 9.53 Å². The normalized spacial score (nSPS) is 11.9. The Balaban J connectivity index is 1.97. The molecule has 3 rings (SSSR count). The summed E-state index contributed by atoms with van der Waals surface area (Å²) in [7, 11) is 0. The van der Waals surface area contributed by atoms with Crippen LogP contribution in [-0.2, 0) is 9.53 Å². The van der Waals surface area contributed by atoms with Gasteiger partial charge in [0.25, 0.3) is 0 Å². The van der Waals surface area contributed by atoms with Gasteiger partial charge in [-0.15, -0.1) is 15.0 Å². The Hall–Kier alpha value is -2.54. The van der Waals surface area contributed by atoms with Crippen molar-refractivity contribution in [3.8, 4) is 11.4 Å². The number of halogens is 1. The van der Waals surface area contributed by atoms with Gasteiger partial charge < -0.3 is 4.74 Å². The number of carbonyl (C=O) groups excluding carboxylic acids is 1. The molecule has 0 saturated carbocycles. The van der Waals surface area contributed by atoms with E-state index in [0.717, 1.165) is 15.6 Å². The zero-order valence-corrected chi connectivity index (χ0v) is 14.5. The summed E-state index contributed by atoms with van der Waals surface area (Å²) in [6.07, 6.45) is 0. The van der Waals surface area contributed by atoms with E-state index in [9.17, 15) is 4.79 Å². The molecule has 122 valence electrons. The number of carbonyl (C=O) groups is 1. The molecule has 0 aliphatic heterocycles. The highest BCUT2D eigenvalue weighted by Gasteiger charge is 2.27. The van der Waals surface area contributed by atoms with Gasteiger partial charge in [0, 0.05) is 10.0 Å². The molecule has 0 saturated heterocycles. The van der Waals surface area contributed by atoms with E-state index in [1.807, 2.05) is 54.6 Å². The maximum Gasteiger partial charge on any atom is 0.337 e. The van der Waals surface area contributed by atoms with Crippen molar-refractivity contribution in [3.05, 3.63) is 64.6 Å². The van der Waals surface area contributed by atoms with Crippen LogP contribution in [-0.4, -0.2) is 32.8 Å². The summed E-state index contributed by atoms with van der Waals surface area (Å²) in [5.41, 5.74) is 1.57. The Morgan fingerprint density at radius 2 is 1.88 bits per heavy atom. The number of aromatic nitrogens is 4. The van der Waals surface area contributed by atoms with Crippen LogP contribution in [0.5, 0.6) is 0 Å². The summed E-state index contributed by atoms with van der Waals surface area (Å²) < 4.78 is 6.13. The third-order valence-electron chi connectivity index (χ3n) is 3.39. The number of ether oxygens (including phenoxy) is 1. The molecule has 1 unspecified atom stereocenters. The molecule has 7 heteroatoms. The third kappa shape index (κ3) is 3.51. The van der Waals surface area contributed by atoms with Crippen LogP contribution in [0.3, 0.4) is 0 Å². The number of nitrogens with zero attached hydrogens (tertiary/aromatic N) is 4. The van der Waals surface area contributed by atoms with Gasteiger partial charge in [0.05, 0.1) is 6.61 Å². The molecule has 0 aliphatic carbocycles. The minimum Gasteiger partial charge on any atom is -0.464 e. The third-order valence-corrected chi connectivity index (χ3v) is 3.92. The first-order valence-corrected chi connectivity index (χ1v) is 8.25. The molecular weight excluding hydrogens is 372 g/mol. The summed E-state index contributed by atoms with van der Waals surface area (Å²) in [5, 5.41) is 12.5. The standard InChI is InChI=1S/C17H15BrN4O2/c1-2-24-17(23)15(12-6-4-3-5-7-12)22-20-16(19-21-22)13-8-10-14(18)11-9-13/h3-11,15H,2H2,1H3. The summed E-state index contributed by atoms with van der Waals surface area (Å²) in [6, 6.07) is 16.1. The quantitative estimate of drug-likeness (QED) is 0.629. The molecule has 24 heavy (non-hydrogen) atoms.